The standard InChI is InChI=1S/C21H22ClN3O4S/c1-29-21(26)11-4-16-2-5-17(6-3-16)20(25-13-12-23-15-25)14-24-30(27,28)19-9-7-18(22)8-10-19/h2-3,5-10,12-13,15,20,24H,4,11,14H2,1H3. The lowest BCUT2D eigenvalue weighted by Crippen LogP contribution is -2.31. The fourth-order valence-corrected chi connectivity index (χ4v) is 4.15. The van der Waals surface area contributed by atoms with E-state index >= 15 is 0 Å². The number of hydrogen-bond donors (Lipinski definition) is 1. The van der Waals surface area contributed by atoms with E-state index in [1.54, 1.807) is 18.7 Å². The van der Waals surface area contributed by atoms with Gasteiger partial charge >= 0.3 is 5.97 Å². The van der Waals surface area contributed by atoms with Crippen molar-refractivity contribution in [1.82, 2.24) is 14.3 Å². The van der Waals surface area contributed by atoms with E-state index in [2.05, 4.69) is 14.4 Å². The normalized spacial score (nSPS) is 12.5. The van der Waals surface area contributed by atoms with Crippen LogP contribution in [0.25, 0.3) is 0 Å². The van der Waals surface area contributed by atoms with E-state index in [0.29, 0.717) is 17.9 Å². The molecule has 0 aliphatic rings. The average Bonchev–Trinajstić information content (AvgIpc) is 3.28. The average molecular weight is 448 g/mol. The maximum atomic E-state index is 12.7. The van der Waals surface area contributed by atoms with Crippen LogP contribution in [0.5, 0.6) is 0 Å². The third kappa shape index (κ3) is 5.69. The molecule has 1 aromatic heterocycles. The molecular formula is C21H22ClN3O4S. The Hall–Kier alpha value is -2.68. The molecule has 1 unspecified atom stereocenters. The first-order valence-corrected chi connectivity index (χ1v) is 11.1. The van der Waals surface area contributed by atoms with Crippen molar-refractivity contribution in [3.63, 3.8) is 0 Å². The van der Waals surface area contributed by atoms with Crippen molar-refractivity contribution >= 4 is 27.6 Å². The summed E-state index contributed by atoms with van der Waals surface area (Å²) >= 11 is 5.85. The summed E-state index contributed by atoms with van der Waals surface area (Å²) in [7, 11) is -2.33. The minimum atomic E-state index is -3.69. The molecule has 0 fully saturated rings. The Morgan fingerprint density at radius 2 is 1.87 bits per heavy atom. The second-order valence-electron chi connectivity index (χ2n) is 6.65. The molecular weight excluding hydrogens is 426 g/mol. The first-order chi connectivity index (χ1) is 14.4. The maximum absolute atomic E-state index is 12.7. The van der Waals surface area contributed by atoms with Gasteiger partial charge in [0.2, 0.25) is 10.0 Å². The summed E-state index contributed by atoms with van der Waals surface area (Å²) in [5.74, 6) is -0.257. The summed E-state index contributed by atoms with van der Waals surface area (Å²) in [6.45, 7) is 0.142. The van der Waals surface area contributed by atoms with Crippen LogP contribution in [0.15, 0.2) is 72.1 Å². The second kappa shape index (κ2) is 9.88. The lowest BCUT2D eigenvalue weighted by atomic mass is 10.0. The molecule has 158 valence electrons. The molecule has 0 spiro atoms. The molecule has 9 heteroatoms. The van der Waals surface area contributed by atoms with Crippen molar-refractivity contribution in [3.8, 4) is 0 Å². The van der Waals surface area contributed by atoms with Crippen LogP contribution in [0.3, 0.4) is 0 Å². The van der Waals surface area contributed by atoms with Crippen molar-refractivity contribution in [2.24, 2.45) is 0 Å². The van der Waals surface area contributed by atoms with Crippen molar-refractivity contribution < 1.29 is 17.9 Å². The topological polar surface area (TPSA) is 90.3 Å². The number of ether oxygens (including phenoxy) is 1. The number of aromatic nitrogens is 2. The summed E-state index contributed by atoms with van der Waals surface area (Å²) < 4.78 is 34.5. The largest absolute Gasteiger partial charge is 0.469 e. The number of benzene rings is 2. The van der Waals surface area contributed by atoms with Gasteiger partial charge in [-0.1, -0.05) is 35.9 Å². The quantitative estimate of drug-likeness (QED) is 0.508. The molecule has 1 N–H and O–H groups in total. The fourth-order valence-electron chi connectivity index (χ4n) is 2.99. The summed E-state index contributed by atoms with van der Waals surface area (Å²) in [5.41, 5.74) is 1.91. The minimum Gasteiger partial charge on any atom is -0.469 e. The molecule has 3 rings (SSSR count). The molecule has 30 heavy (non-hydrogen) atoms. The molecule has 0 amide bonds. The van der Waals surface area contributed by atoms with Gasteiger partial charge in [-0.25, -0.2) is 18.1 Å². The Kier molecular flexibility index (Phi) is 7.25. The Morgan fingerprint density at radius 3 is 2.47 bits per heavy atom. The van der Waals surface area contributed by atoms with Gasteiger partial charge in [-0.2, -0.15) is 0 Å². The number of rotatable bonds is 9. The van der Waals surface area contributed by atoms with E-state index in [4.69, 9.17) is 11.6 Å². The van der Waals surface area contributed by atoms with E-state index < -0.39 is 10.0 Å². The van der Waals surface area contributed by atoms with Gasteiger partial charge in [-0.05, 0) is 41.8 Å². The molecule has 0 saturated heterocycles. The van der Waals surface area contributed by atoms with Crippen LogP contribution in [0, 0.1) is 0 Å². The monoisotopic (exact) mass is 447 g/mol. The van der Waals surface area contributed by atoms with E-state index in [9.17, 15) is 13.2 Å². The zero-order valence-electron chi connectivity index (χ0n) is 16.4. The molecule has 0 bridgehead atoms. The molecule has 3 aromatic rings. The Morgan fingerprint density at radius 1 is 1.17 bits per heavy atom. The predicted octanol–water partition coefficient (Wildman–Crippen LogP) is 3.21. The van der Waals surface area contributed by atoms with Gasteiger partial charge in [0.1, 0.15) is 0 Å². The van der Waals surface area contributed by atoms with Crippen molar-refractivity contribution in [1.29, 1.82) is 0 Å². The molecule has 0 aliphatic carbocycles. The predicted molar refractivity (Wildman–Crippen MR) is 114 cm³/mol. The summed E-state index contributed by atoms with van der Waals surface area (Å²) in [6, 6.07) is 13.4. The molecule has 0 radical (unpaired) electrons. The molecule has 2 aromatic carbocycles. The van der Waals surface area contributed by atoms with Crippen LogP contribution in [0.2, 0.25) is 5.02 Å². The van der Waals surface area contributed by atoms with Crippen LogP contribution < -0.4 is 4.72 Å². The zero-order valence-corrected chi connectivity index (χ0v) is 17.9. The van der Waals surface area contributed by atoms with Gasteiger partial charge < -0.3 is 9.30 Å². The molecule has 0 aliphatic heterocycles. The number of carbonyl (C=O) groups excluding carboxylic acids is 1. The molecule has 1 heterocycles. The third-order valence-corrected chi connectivity index (χ3v) is 6.38. The zero-order chi connectivity index (χ0) is 21.6. The summed E-state index contributed by atoms with van der Waals surface area (Å²) in [4.78, 5) is 15.5. The van der Waals surface area contributed by atoms with Gasteiger partial charge in [-0.3, -0.25) is 4.79 Å². The smallest absolute Gasteiger partial charge is 0.305 e. The summed E-state index contributed by atoms with van der Waals surface area (Å²) in [6.07, 6.45) is 5.96. The minimum absolute atomic E-state index is 0.142. The van der Waals surface area contributed by atoms with Gasteiger partial charge in [0, 0.05) is 30.4 Å². The van der Waals surface area contributed by atoms with Gasteiger partial charge in [-0.15, -0.1) is 0 Å². The first kappa shape index (κ1) is 22.0. The van der Waals surface area contributed by atoms with Crippen LogP contribution in [-0.2, 0) is 26.0 Å². The number of hydrogen-bond acceptors (Lipinski definition) is 5. The summed E-state index contributed by atoms with van der Waals surface area (Å²) in [5, 5.41) is 0.470. The number of aryl methyl sites for hydroxylation is 1. The van der Waals surface area contributed by atoms with E-state index in [0.717, 1.165) is 11.1 Å². The molecule has 7 nitrogen and oxygen atoms in total. The highest BCUT2D eigenvalue weighted by Gasteiger charge is 2.19. The maximum Gasteiger partial charge on any atom is 0.305 e. The number of halogens is 1. The molecule has 0 saturated carbocycles. The lowest BCUT2D eigenvalue weighted by molar-refractivity contribution is -0.140. The lowest BCUT2D eigenvalue weighted by Gasteiger charge is -2.20. The third-order valence-electron chi connectivity index (χ3n) is 4.69. The van der Waals surface area contributed by atoms with Crippen LogP contribution in [0.4, 0.5) is 0 Å². The Labute approximate surface area is 180 Å². The highest BCUT2D eigenvalue weighted by Crippen LogP contribution is 2.20. The first-order valence-electron chi connectivity index (χ1n) is 9.27. The van der Waals surface area contributed by atoms with Crippen LogP contribution >= 0.6 is 11.6 Å². The number of imidazole rings is 1. The Balaban J connectivity index is 1.76. The number of esters is 1. The highest BCUT2D eigenvalue weighted by atomic mass is 35.5. The van der Waals surface area contributed by atoms with Crippen molar-refractivity contribution in [3.05, 3.63) is 83.4 Å². The van der Waals surface area contributed by atoms with Crippen LogP contribution in [0.1, 0.15) is 23.6 Å². The van der Waals surface area contributed by atoms with Crippen LogP contribution in [-0.4, -0.2) is 37.6 Å². The number of carbonyl (C=O) groups is 1. The Bertz CT molecular complexity index is 1070. The second-order valence-corrected chi connectivity index (χ2v) is 8.85. The number of sulfonamides is 1. The van der Waals surface area contributed by atoms with E-state index in [1.165, 1.54) is 31.4 Å². The number of nitrogens with one attached hydrogen (secondary N) is 1. The van der Waals surface area contributed by atoms with E-state index in [1.807, 2.05) is 28.8 Å². The van der Waals surface area contributed by atoms with Crippen molar-refractivity contribution in [2.45, 2.75) is 23.8 Å². The number of nitrogens with zero attached hydrogens (tertiary/aromatic N) is 2. The van der Waals surface area contributed by atoms with Crippen molar-refractivity contribution in [2.75, 3.05) is 13.7 Å². The fraction of sp³-hybridized carbons (Fsp3) is 0.238. The molecule has 1 atom stereocenters. The van der Waals surface area contributed by atoms with Gasteiger partial charge in [0.25, 0.3) is 0 Å². The number of methoxy groups -OCH3 is 1. The van der Waals surface area contributed by atoms with E-state index in [-0.39, 0.29) is 23.5 Å². The van der Waals surface area contributed by atoms with Gasteiger partial charge in [0.15, 0.2) is 0 Å². The SMILES string of the molecule is COC(=O)CCc1ccc(C(CNS(=O)(=O)c2ccc(Cl)cc2)n2ccnc2)cc1. The van der Waals surface area contributed by atoms with Gasteiger partial charge in [0.05, 0.1) is 24.4 Å². The highest BCUT2D eigenvalue weighted by molar-refractivity contribution is 7.89.